The van der Waals surface area contributed by atoms with E-state index in [9.17, 15) is 14.7 Å². The van der Waals surface area contributed by atoms with Gasteiger partial charge in [0.15, 0.2) is 0 Å². The number of hydrogen-bond donors (Lipinski definition) is 1. The molecule has 1 unspecified atom stereocenters. The van der Waals surface area contributed by atoms with Crippen molar-refractivity contribution in [3.8, 4) is 0 Å². The number of ether oxygens (including phenoxy) is 1. The Kier molecular flexibility index (Phi) is 6.99. The Bertz CT molecular complexity index is 1240. The lowest BCUT2D eigenvalue weighted by Gasteiger charge is -2.34. The molecule has 3 aromatic rings. The molecule has 0 radical (unpaired) electrons. The van der Waals surface area contributed by atoms with E-state index in [2.05, 4.69) is 10.6 Å². The van der Waals surface area contributed by atoms with Gasteiger partial charge in [-0.3, -0.25) is 9.69 Å². The highest BCUT2D eigenvalue weighted by Crippen LogP contribution is 2.40. The first-order valence-corrected chi connectivity index (χ1v) is 13.2. The van der Waals surface area contributed by atoms with Crippen LogP contribution in [0.5, 0.6) is 0 Å². The SMILES string of the molecule is COC(=O)N1c2ccc3c(nc(CC(C(=O)O)c4ccccc4)n3C3CCCCCC3)c2CC[C@@H]1C. The highest BCUT2D eigenvalue weighted by atomic mass is 16.5. The van der Waals surface area contributed by atoms with Crippen LogP contribution in [0.4, 0.5) is 10.5 Å². The summed E-state index contributed by atoms with van der Waals surface area (Å²) in [7, 11) is 1.41. The quantitative estimate of drug-likeness (QED) is 0.428. The molecule has 1 N–H and O–H groups in total. The van der Waals surface area contributed by atoms with E-state index in [-0.39, 0.29) is 12.1 Å². The highest BCUT2D eigenvalue weighted by molar-refractivity contribution is 5.95. The number of imidazole rings is 1. The van der Waals surface area contributed by atoms with E-state index in [4.69, 9.17) is 9.72 Å². The summed E-state index contributed by atoms with van der Waals surface area (Å²) in [6.45, 7) is 2.04. The molecule has 36 heavy (non-hydrogen) atoms. The molecule has 190 valence electrons. The molecule has 5 rings (SSSR count). The van der Waals surface area contributed by atoms with Crippen LogP contribution in [0.2, 0.25) is 0 Å². The number of methoxy groups -OCH3 is 1. The Labute approximate surface area is 212 Å². The van der Waals surface area contributed by atoms with Crippen molar-refractivity contribution < 1.29 is 19.4 Å². The van der Waals surface area contributed by atoms with Crippen molar-refractivity contribution >= 4 is 28.8 Å². The lowest BCUT2D eigenvalue weighted by molar-refractivity contribution is -0.138. The van der Waals surface area contributed by atoms with Gasteiger partial charge in [0.05, 0.1) is 29.7 Å². The van der Waals surface area contributed by atoms with Gasteiger partial charge in [-0.1, -0.05) is 56.0 Å². The van der Waals surface area contributed by atoms with Gasteiger partial charge in [0, 0.05) is 24.1 Å². The first kappa shape index (κ1) is 24.3. The maximum atomic E-state index is 12.6. The number of aromatic nitrogens is 2. The van der Waals surface area contributed by atoms with Crippen LogP contribution in [0.1, 0.15) is 80.8 Å². The number of fused-ring (bicyclic) bond motifs is 3. The molecule has 0 spiro atoms. The minimum Gasteiger partial charge on any atom is -0.481 e. The van der Waals surface area contributed by atoms with Gasteiger partial charge in [0.25, 0.3) is 0 Å². The van der Waals surface area contributed by atoms with E-state index in [0.717, 1.165) is 59.4 Å². The number of carboxylic acids is 1. The minimum atomic E-state index is -0.839. The minimum absolute atomic E-state index is 0.0419. The van der Waals surface area contributed by atoms with E-state index < -0.39 is 11.9 Å². The van der Waals surface area contributed by atoms with Gasteiger partial charge in [0.1, 0.15) is 5.82 Å². The van der Waals surface area contributed by atoms with E-state index in [1.807, 2.05) is 43.3 Å². The molecular formula is C29H35N3O4. The lowest BCUT2D eigenvalue weighted by atomic mass is 9.95. The van der Waals surface area contributed by atoms with Crippen LogP contribution < -0.4 is 4.90 Å². The summed E-state index contributed by atoms with van der Waals surface area (Å²) in [5.74, 6) is -0.687. The highest BCUT2D eigenvalue weighted by Gasteiger charge is 2.33. The molecule has 0 saturated heterocycles. The third-order valence-corrected chi connectivity index (χ3v) is 7.98. The zero-order chi connectivity index (χ0) is 25.2. The molecule has 1 aliphatic heterocycles. The maximum absolute atomic E-state index is 12.6. The Morgan fingerprint density at radius 3 is 2.44 bits per heavy atom. The lowest BCUT2D eigenvalue weighted by Crippen LogP contribution is -2.42. The third-order valence-electron chi connectivity index (χ3n) is 7.98. The van der Waals surface area contributed by atoms with Crippen LogP contribution in [-0.4, -0.2) is 39.9 Å². The molecule has 2 aliphatic rings. The Balaban J connectivity index is 1.66. The molecule has 2 heterocycles. The molecule has 7 heteroatoms. The molecule has 7 nitrogen and oxygen atoms in total. The average Bonchev–Trinajstić information content (AvgIpc) is 3.05. The van der Waals surface area contributed by atoms with Gasteiger partial charge < -0.3 is 14.4 Å². The molecular weight excluding hydrogens is 454 g/mol. The first-order chi connectivity index (χ1) is 17.5. The van der Waals surface area contributed by atoms with Gasteiger partial charge in [-0.05, 0) is 50.3 Å². The fraction of sp³-hybridized carbons (Fsp3) is 0.483. The summed E-state index contributed by atoms with van der Waals surface area (Å²) >= 11 is 0. The Morgan fingerprint density at radius 2 is 1.78 bits per heavy atom. The molecule has 2 aromatic carbocycles. The molecule has 1 aromatic heterocycles. The molecule has 1 amide bonds. The van der Waals surface area contributed by atoms with Gasteiger partial charge >= 0.3 is 12.1 Å². The van der Waals surface area contributed by atoms with Gasteiger partial charge in [0.2, 0.25) is 0 Å². The predicted octanol–water partition coefficient (Wildman–Crippen LogP) is 6.25. The number of carbonyl (C=O) groups excluding carboxylic acids is 1. The number of hydrogen-bond acceptors (Lipinski definition) is 4. The van der Waals surface area contributed by atoms with Gasteiger partial charge in [-0.15, -0.1) is 0 Å². The van der Waals surface area contributed by atoms with E-state index in [0.29, 0.717) is 12.5 Å². The van der Waals surface area contributed by atoms with Crippen molar-refractivity contribution in [1.82, 2.24) is 9.55 Å². The third kappa shape index (κ3) is 4.47. The summed E-state index contributed by atoms with van der Waals surface area (Å²) < 4.78 is 7.42. The zero-order valence-electron chi connectivity index (χ0n) is 21.2. The standard InChI is InChI=1S/C29H35N3O4/c1-19-14-15-22-24(31(19)29(35)36-2)16-17-25-27(22)30-26(32(25)21-12-8-3-4-9-13-21)18-23(28(33)34)20-10-6-5-7-11-20/h5-7,10-11,16-17,19,21,23H,3-4,8-9,12-15,18H2,1-2H3,(H,33,34)/t19-,23?/m0/s1. The van der Waals surface area contributed by atoms with Crippen LogP contribution in [0.3, 0.4) is 0 Å². The van der Waals surface area contributed by atoms with E-state index in [1.165, 1.54) is 32.8 Å². The van der Waals surface area contributed by atoms with Crippen molar-refractivity contribution in [2.45, 2.75) is 82.7 Å². The molecule has 1 aliphatic carbocycles. The number of benzene rings is 2. The summed E-state index contributed by atoms with van der Waals surface area (Å²) in [6.07, 6.45) is 8.58. The van der Waals surface area contributed by atoms with Crippen molar-refractivity contribution in [2.24, 2.45) is 0 Å². The number of carboxylic acid groups (broad SMARTS) is 1. The number of rotatable bonds is 5. The van der Waals surface area contributed by atoms with Crippen molar-refractivity contribution in [1.29, 1.82) is 0 Å². The predicted molar refractivity (Wildman–Crippen MR) is 140 cm³/mol. The summed E-state index contributed by atoms with van der Waals surface area (Å²) in [5.41, 5.74) is 4.63. The van der Waals surface area contributed by atoms with Crippen LogP contribution in [-0.2, 0) is 22.4 Å². The topological polar surface area (TPSA) is 84.7 Å². The number of aliphatic carboxylic acids is 1. The van der Waals surface area contributed by atoms with Gasteiger partial charge in [-0.2, -0.15) is 0 Å². The largest absolute Gasteiger partial charge is 0.481 e. The normalized spacial score (nSPS) is 19.5. The molecule has 0 bridgehead atoms. The Hall–Kier alpha value is -3.35. The molecule has 1 saturated carbocycles. The summed E-state index contributed by atoms with van der Waals surface area (Å²) in [4.78, 5) is 31.9. The monoisotopic (exact) mass is 489 g/mol. The number of nitrogens with zero attached hydrogens (tertiary/aromatic N) is 3. The fourth-order valence-corrected chi connectivity index (χ4v) is 6.11. The molecule has 2 atom stereocenters. The molecule has 1 fully saturated rings. The van der Waals surface area contributed by atoms with Crippen LogP contribution in [0.25, 0.3) is 11.0 Å². The fourth-order valence-electron chi connectivity index (χ4n) is 6.11. The van der Waals surface area contributed by atoms with Gasteiger partial charge in [-0.25, -0.2) is 9.78 Å². The van der Waals surface area contributed by atoms with Crippen molar-refractivity contribution in [3.63, 3.8) is 0 Å². The van der Waals surface area contributed by atoms with Crippen LogP contribution in [0.15, 0.2) is 42.5 Å². The zero-order valence-corrected chi connectivity index (χ0v) is 21.2. The van der Waals surface area contributed by atoms with Crippen molar-refractivity contribution in [2.75, 3.05) is 12.0 Å². The Morgan fingerprint density at radius 1 is 1.06 bits per heavy atom. The second-order valence-corrected chi connectivity index (χ2v) is 10.2. The summed E-state index contributed by atoms with van der Waals surface area (Å²) in [6, 6.07) is 13.9. The number of carbonyl (C=O) groups is 2. The second kappa shape index (κ2) is 10.3. The van der Waals surface area contributed by atoms with Crippen LogP contribution >= 0.6 is 0 Å². The van der Waals surface area contributed by atoms with Crippen molar-refractivity contribution in [3.05, 3.63) is 59.4 Å². The average molecular weight is 490 g/mol. The smallest absolute Gasteiger partial charge is 0.414 e. The van der Waals surface area contributed by atoms with E-state index in [1.54, 1.807) is 4.90 Å². The second-order valence-electron chi connectivity index (χ2n) is 10.2. The van der Waals surface area contributed by atoms with E-state index >= 15 is 0 Å². The number of amides is 1. The number of anilines is 1. The summed E-state index contributed by atoms with van der Waals surface area (Å²) in [5, 5.41) is 10.2. The first-order valence-electron chi connectivity index (χ1n) is 13.2. The number of aryl methyl sites for hydroxylation is 1. The van der Waals surface area contributed by atoms with Crippen LogP contribution in [0, 0.1) is 0 Å². The maximum Gasteiger partial charge on any atom is 0.414 e.